The largest absolute Gasteiger partial charge is 0.352 e. The molecule has 31 heavy (non-hydrogen) atoms. The minimum Gasteiger partial charge on any atom is -0.352 e. The van der Waals surface area contributed by atoms with Crippen LogP contribution in [-0.4, -0.2) is 28.8 Å². The van der Waals surface area contributed by atoms with Crippen molar-refractivity contribution in [3.63, 3.8) is 0 Å². The fourth-order valence-electron chi connectivity index (χ4n) is 3.96. The van der Waals surface area contributed by atoms with E-state index in [1.807, 2.05) is 37.3 Å². The molecule has 0 spiro atoms. The Morgan fingerprint density at radius 2 is 1.77 bits per heavy atom. The van der Waals surface area contributed by atoms with Gasteiger partial charge < -0.3 is 10.2 Å². The van der Waals surface area contributed by atoms with Crippen LogP contribution in [0.5, 0.6) is 0 Å². The molecule has 1 saturated carbocycles. The summed E-state index contributed by atoms with van der Waals surface area (Å²) in [6.45, 7) is 4.09. The molecule has 166 valence electrons. The maximum Gasteiger partial charge on any atom is 0.242 e. The number of rotatable bonds is 8. The molecule has 1 atom stereocenters. The van der Waals surface area contributed by atoms with Crippen LogP contribution in [0.2, 0.25) is 10.0 Å². The predicted octanol–water partition coefficient (Wildman–Crippen LogP) is 5.71. The molecule has 2 amide bonds. The molecule has 1 unspecified atom stereocenters. The van der Waals surface area contributed by atoms with Gasteiger partial charge in [-0.2, -0.15) is 0 Å². The number of carbonyl (C=O) groups is 2. The van der Waals surface area contributed by atoms with Crippen molar-refractivity contribution in [1.82, 2.24) is 10.2 Å². The van der Waals surface area contributed by atoms with Crippen molar-refractivity contribution in [3.05, 3.63) is 69.2 Å². The van der Waals surface area contributed by atoms with E-state index in [-0.39, 0.29) is 24.4 Å². The number of hydrogen-bond donors (Lipinski definition) is 1. The zero-order valence-electron chi connectivity index (χ0n) is 18.2. The lowest BCUT2D eigenvalue weighted by atomic mass is 10.1. The van der Waals surface area contributed by atoms with E-state index in [1.165, 1.54) is 5.56 Å². The maximum atomic E-state index is 13.2. The molecule has 2 aromatic rings. The van der Waals surface area contributed by atoms with Crippen LogP contribution in [0, 0.1) is 6.92 Å². The number of carbonyl (C=O) groups excluding carboxylic acids is 2. The van der Waals surface area contributed by atoms with Gasteiger partial charge in [0.15, 0.2) is 0 Å². The molecular weight excluding hydrogens is 431 g/mol. The van der Waals surface area contributed by atoms with Crippen LogP contribution in [0.25, 0.3) is 0 Å². The number of nitrogens with one attached hydrogen (secondary N) is 1. The van der Waals surface area contributed by atoms with E-state index in [0.29, 0.717) is 22.9 Å². The summed E-state index contributed by atoms with van der Waals surface area (Å²) in [4.78, 5) is 27.8. The topological polar surface area (TPSA) is 49.4 Å². The molecule has 6 heteroatoms. The molecule has 0 saturated heterocycles. The summed E-state index contributed by atoms with van der Waals surface area (Å²) < 4.78 is 0. The van der Waals surface area contributed by atoms with Gasteiger partial charge in [-0.1, -0.05) is 71.9 Å². The van der Waals surface area contributed by atoms with Gasteiger partial charge in [-0.05, 0) is 56.4 Å². The predicted molar refractivity (Wildman–Crippen MR) is 126 cm³/mol. The standard InChI is InChI=1S/C25H30Cl2N2O2/c1-17-7-9-19(10-8-17)11-14-24(30)29(16-20-12-13-21(26)15-23(20)27)18(2)25(31)28-22-5-3-4-6-22/h7-10,12-13,15,18,22H,3-6,11,14,16H2,1-2H3,(H,28,31). The van der Waals surface area contributed by atoms with E-state index in [2.05, 4.69) is 5.32 Å². The van der Waals surface area contributed by atoms with E-state index in [0.717, 1.165) is 36.8 Å². The third-order valence-electron chi connectivity index (χ3n) is 5.97. The normalized spacial score (nSPS) is 15.0. The van der Waals surface area contributed by atoms with Crippen molar-refractivity contribution < 1.29 is 9.59 Å². The summed E-state index contributed by atoms with van der Waals surface area (Å²) in [5, 5.41) is 4.15. The first-order valence-corrected chi connectivity index (χ1v) is 11.7. The molecular formula is C25H30Cl2N2O2. The van der Waals surface area contributed by atoms with E-state index in [1.54, 1.807) is 24.0 Å². The van der Waals surface area contributed by atoms with Crippen LogP contribution < -0.4 is 5.32 Å². The minimum atomic E-state index is -0.585. The summed E-state index contributed by atoms with van der Waals surface area (Å²) >= 11 is 12.4. The highest BCUT2D eigenvalue weighted by atomic mass is 35.5. The molecule has 3 rings (SSSR count). The third-order valence-corrected chi connectivity index (χ3v) is 6.56. The summed E-state index contributed by atoms with van der Waals surface area (Å²) in [7, 11) is 0. The van der Waals surface area contributed by atoms with Crippen molar-refractivity contribution in [2.75, 3.05) is 0 Å². The van der Waals surface area contributed by atoms with Gasteiger partial charge in [0, 0.05) is 29.1 Å². The van der Waals surface area contributed by atoms with Gasteiger partial charge in [-0.3, -0.25) is 9.59 Å². The minimum absolute atomic E-state index is 0.0688. The van der Waals surface area contributed by atoms with Gasteiger partial charge in [-0.15, -0.1) is 0 Å². The van der Waals surface area contributed by atoms with Crippen LogP contribution >= 0.6 is 23.2 Å². The Balaban J connectivity index is 1.73. The first-order valence-electron chi connectivity index (χ1n) is 10.9. The molecule has 0 bridgehead atoms. The van der Waals surface area contributed by atoms with Crippen LogP contribution in [0.1, 0.15) is 55.7 Å². The quantitative estimate of drug-likeness (QED) is 0.548. The van der Waals surface area contributed by atoms with Crippen molar-refractivity contribution in [2.24, 2.45) is 0 Å². The second-order valence-corrected chi connectivity index (χ2v) is 9.25. The van der Waals surface area contributed by atoms with Crippen LogP contribution in [0.15, 0.2) is 42.5 Å². The van der Waals surface area contributed by atoms with Crippen molar-refractivity contribution in [2.45, 2.75) is 71.0 Å². The smallest absolute Gasteiger partial charge is 0.242 e. The highest BCUT2D eigenvalue weighted by Crippen LogP contribution is 2.24. The Morgan fingerprint density at radius 1 is 1.10 bits per heavy atom. The third kappa shape index (κ3) is 6.72. The van der Waals surface area contributed by atoms with Crippen molar-refractivity contribution in [3.8, 4) is 0 Å². The lowest BCUT2D eigenvalue weighted by Gasteiger charge is -2.30. The van der Waals surface area contributed by atoms with Gasteiger partial charge >= 0.3 is 0 Å². The molecule has 1 fully saturated rings. The van der Waals surface area contributed by atoms with Crippen LogP contribution in [0.3, 0.4) is 0 Å². The van der Waals surface area contributed by atoms with Gasteiger partial charge in [0.05, 0.1) is 0 Å². The van der Waals surface area contributed by atoms with E-state index >= 15 is 0 Å². The monoisotopic (exact) mass is 460 g/mol. The van der Waals surface area contributed by atoms with Crippen molar-refractivity contribution in [1.29, 1.82) is 0 Å². The maximum absolute atomic E-state index is 13.2. The van der Waals surface area contributed by atoms with E-state index in [9.17, 15) is 9.59 Å². The Kier molecular flexibility index (Phi) is 8.39. The lowest BCUT2D eigenvalue weighted by Crippen LogP contribution is -2.49. The van der Waals surface area contributed by atoms with Crippen LogP contribution in [0.4, 0.5) is 0 Å². The molecule has 1 aliphatic carbocycles. The number of benzene rings is 2. The highest BCUT2D eigenvalue weighted by molar-refractivity contribution is 6.35. The van der Waals surface area contributed by atoms with Gasteiger partial charge in [0.1, 0.15) is 6.04 Å². The summed E-state index contributed by atoms with van der Waals surface area (Å²) in [6, 6.07) is 13.0. The molecule has 0 aromatic heterocycles. The number of amides is 2. The Labute approximate surface area is 194 Å². The fourth-order valence-corrected chi connectivity index (χ4v) is 4.43. The second kappa shape index (κ2) is 11.0. The molecule has 0 heterocycles. The molecule has 1 aliphatic rings. The molecule has 4 nitrogen and oxygen atoms in total. The summed E-state index contributed by atoms with van der Waals surface area (Å²) in [6.07, 6.45) is 5.24. The Morgan fingerprint density at radius 3 is 2.42 bits per heavy atom. The average Bonchev–Trinajstić information content (AvgIpc) is 3.25. The Hall–Kier alpha value is -2.04. The number of halogens is 2. The average molecular weight is 461 g/mol. The first kappa shape index (κ1) is 23.6. The first-order chi connectivity index (χ1) is 14.8. The number of aryl methyl sites for hydroxylation is 2. The zero-order chi connectivity index (χ0) is 22.4. The fraction of sp³-hybridized carbons (Fsp3) is 0.440. The number of nitrogens with zero attached hydrogens (tertiary/aromatic N) is 1. The van der Waals surface area contributed by atoms with Gasteiger partial charge in [0.2, 0.25) is 11.8 Å². The van der Waals surface area contributed by atoms with Gasteiger partial charge in [0.25, 0.3) is 0 Å². The molecule has 2 aromatic carbocycles. The van der Waals surface area contributed by atoms with Crippen LogP contribution in [-0.2, 0) is 22.6 Å². The molecule has 0 aliphatic heterocycles. The second-order valence-electron chi connectivity index (χ2n) is 8.41. The number of hydrogen-bond acceptors (Lipinski definition) is 2. The van der Waals surface area contributed by atoms with E-state index in [4.69, 9.17) is 23.2 Å². The zero-order valence-corrected chi connectivity index (χ0v) is 19.7. The lowest BCUT2D eigenvalue weighted by molar-refractivity contribution is -0.140. The molecule has 1 N–H and O–H groups in total. The Bertz CT molecular complexity index is 908. The summed E-state index contributed by atoms with van der Waals surface area (Å²) in [5.74, 6) is -0.179. The van der Waals surface area contributed by atoms with Gasteiger partial charge in [-0.25, -0.2) is 0 Å². The highest BCUT2D eigenvalue weighted by Gasteiger charge is 2.28. The van der Waals surface area contributed by atoms with Crippen molar-refractivity contribution >= 4 is 35.0 Å². The molecule has 0 radical (unpaired) electrons. The van der Waals surface area contributed by atoms with E-state index < -0.39 is 6.04 Å². The summed E-state index contributed by atoms with van der Waals surface area (Å²) in [5.41, 5.74) is 3.06. The SMILES string of the molecule is Cc1ccc(CCC(=O)N(Cc2ccc(Cl)cc2Cl)C(C)C(=O)NC2CCCC2)cc1.